The van der Waals surface area contributed by atoms with Gasteiger partial charge in [0.25, 0.3) is 0 Å². The number of nitrogens with one attached hydrogen (secondary N) is 2. The molecule has 0 saturated carbocycles. The van der Waals surface area contributed by atoms with Crippen molar-refractivity contribution in [2.24, 2.45) is 11.7 Å². The number of hydrogen-bond acceptors (Lipinski definition) is 3. The zero-order chi connectivity index (χ0) is 9.68. The van der Waals surface area contributed by atoms with E-state index in [1.165, 1.54) is 25.7 Å². The summed E-state index contributed by atoms with van der Waals surface area (Å²) in [5.74, 6) is 0.650. The van der Waals surface area contributed by atoms with Crippen molar-refractivity contribution >= 4 is 0 Å². The molecular weight excluding hydrogens is 162 g/mol. The predicted molar refractivity (Wildman–Crippen MR) is 56.2 cm³/mol. The van der Waals surface area contributed by atoms with Gasteiger partial charge in [-0.15, -0.1) is 0 Å². The molecule has 78 valence electrons. The zero-order valence-electron chi connectivity index (χ0n) is 8.84. The average Bonchev–Trinajstić information content (AvgIpc) is 2.54. The fourth-order valence-electron chi connectivity index (χ4n) is 2.01. The molecule has 0 aromatic carbocycles. The number of hydrazine groups is 1. The normalized spacial score (nSPS) is 30.7. The Morgan fingerprint density at radius 3 is 2.69 bits per heavy atom. The molecule has 0 aromatic heterocycles. The topological polar surface area (TPSA) is 50.1 Å². The monoisotopic (exact) mass is 185 g/mol. The van der Waals surface area contributed by atoms with Crippen LogP contribution in [-0.4, -0.2) is 18.6 Å². The van der Waals surface area contributed by atoms with Gasteiger partial charge in [-0.05, 0) is 32.2 Å². The minimum atomic E-state index is 0.589. The van der Waals surface area contributed by atoms with Gasteiger partial charge in [0.05, 0.1) is 0 Å². The van der Waals surface area contributed by atoms with Crippen molar-refractivity contribution in [3.8, 4) is 0 Å². The summed E-state index contributed by atoms with van der Waals surface area (Å²) in [6.45, 7) is 5.25. The molecule has 4 N–H and O–H groups in total. The molecule has 1 saturated heterocycles. The molecule has 13 heavy (non-hydrogen) atoms. The summed E-state index contributed by atoms with van der Waals surface area (Å²) in [4.78, 5) is 0. The highest BCUT2D eigenvalue weighted by Crippen LogP contribution is 2.18. The molecule has 0 radical (unpaired) electrons. The van der Waals surface area contributed by atoms with E-state index in [0.29, 0.717) is 18.0 Å². The summed E-state index contributed by atoms with van der Waals surface area (Å²) < 4.78 is 0. The van der Waals surface area contributed by atoms with E-state index in [1.807, 2.05) is 0 Å². The smallest absolute Gasteiger partial charge is 0.0268 e. The van der Waals surface area contributed by atoms with E-state index in [2.05, 4.69) is 24.7 Å². The van der Waals surface area contributed by atoms with E-state index in [-0.39, 0.29) is 0 Å². The molecule has 1 heterocycles. The second kappa shape index (κ2) is 5.58. The minimum Gasteiger partial charge on any atom is -0.330 e. The summed E-state index contributed by atoms with van der Waals surface area (Å²) in [5.41, 5.74) is 12.4. The van der Waals surface area contributed by atoms with Crippen molar-refractivity contribution in [2.75, 3.05) is 6.54 Å². The van der Waals surface area contributed by atoms with Gasteiger partial charge in [0, 0.05) is 12.1 Å². The number of rotatable bonds is 5. The van der Waals surface area contributed by atoms with Crippen LogP contribution in [0.5, 0.6) is 0 Å². The Kier molecular flexibility index (Phi) is 4.70. The fraction of sp³-hybridized carbons (Fsp3) is 1.00. The van der Waals surface area contributed by atoms with Gasteiger partial charge < -0.3 is 5.73 Å². The fourth-order valence-corrected chi connectivity index (χ4v) is 2.01. The van der Waals surface area contributed by atoms with E-state index >= 15 is 0 Å². The van der Waals surface area contributed by atoms with E-state index in [0.717, 1.165) is 6.54 Å². The number of nitrogens with two attached hydrogens (primary N) is 1. The Balaban J connectivity index is 2.29. The molecule has 1 fully saturated rings. The van der Waals surface area contributed by atoms with E-state index in [1.54, 1.807) is 0 Å². The molecule has 0 aromatic rings. The molecule has 3 heteroatoms. The van der Waals surface area contributed by atoms with Gasteiger partial charge in [0.1, 0.15) is 0 Å². The number of unbranched alkanes of at least 4 members (excludes halogenated alkanes) is 1. The van der Waals surface area contributed by atoms with Gasteiger partial charge in [-0.1, -0.05) is 19.8 Å². The van der Waals surface area contributed by atoms with Crippen molar-refractivity contribution in [3.63, 3.8) is 0 Å². The van der Waals surface area contributed by atoms with Gasteiger partial charge in [-0.25, -0.2) is 0 Å². The molecule has 0 bridgehead atoms. The van der Waals surface area contributed by atoms with Crippen LogP contribution < -0.4 is 16.6 Å². The molecule has 0 spiro atoms. The average molecular weight is 185 g/mol. The minimum absolute atomic E-state index is 0.589. The summed E-state index contributed by atoms with van der Waals surface area (Å²) in [6.07, 6.45) is 5.05. The summed E-state index contributed by atoms with van der Waals surface area (Å²) in [5, 5.41) is 0. The van der Waals surface area contributed by atoms with Crippen LogP contribution in [-0.2, 0) is 0 Å². The Labute approximate surface area is 81.4 Å². The van der Waals surface area contributed by atoms with Crippen molar-refractivity contribution in [1.29, 1.82) is 0 Å². The first-order chi connectivity index (χ1) is 6.27. The quantitative estimate of drug-likeness (QED) is 0.599. The third kappa shape index (κ3) is 3.25. The molecule has 0 amide bonds. The first-order valence-electron chi connectivity index (χ1n) is 5.49. The van der Waals surface area contributed by atoms with Gasteiger partial charge in [0.15, 0.2) is 0 Å². The largest absolute Gasteiger partial charge is 0.330 e. The third-order valence-electron chi connectivity index (χ3n) is 2.92. The lowest BCUT2D eigenvalue weighted by atomic mass is 9.91. The SMILES string of the molecule is CCCCC(CN)C1CC(C)NN1. The molecule has 1 rings (SSSR count). The van der Waals surface area contributed by atoms with Crippen LogP contribution in [0.25, 0.3) is 0 Å². The van der Waals surface area contributed by atoms with Gasteiger partial charge in [-0.2, -0.15) is 0 Å². The van der Waals surface area contributed by atoms with Crippen molar-refractivity contribution < 1.29 is 0 Å². The van der Waals surface area contributed by atoms with Crippen LogP contribution in [0, 0.1) is 5.92 Å². The third-order valence-corrected chi connectivity index (χ3v) is 2.92. The lowest BCUT2D eigenvalue weighted by molar-refractivity contribution is 0.353. The van der Waals surface area contributed by atoms with Crippen molar-refractivity contribution in [2.45, 2.75) is 51.6 Å². The first-order valence-corrected chi connectivity index (χ1v) is 5.49. The van der Waals surface area contributed by atoms with Crippen molar-refractivity contribution in [3.05, 3.63) is 0 Å². The van der Waals surface area contributed by atoms with Gasteiger partial charge in [0.2, 0.25) is 0 Å². The van der Waals surface area contributed by atoms with Crippen LogP contribution >= 0.6 is 0 Å². The Morgan fingerprint density at radius 1 is 1.46 bits per heavy atom. The molecule has 1 aliphatic heterocycles. The summed E-state index contributed by atoms with van der Waals surface area (Å²) in [7, 11) is 0. The van der Waals surface area contributed by atoms with Crippen LogP contribution in [0.15, 0.2) is 0 Å². The van der Waals surface area contributed by atoms with Gasteiger partial charge >= 0.3 is 0 Å². The highest BCUT2D eigenvalue weighted by atomic mass is 15.4. The predicted octanol–water partition coefficient (Wildman–Crippen LogP) is 1.01. The second-order valence-corrected chi connectivity index (χ2v) is 4.17. The van der Waals surface area contributed by atoms with Crippen molar-refractivity contribution in [1.82, 2.24) is 10.9 Å². The molecule has 1 aliphatic rings. The van der Waals surface area contributed by atoms with Crippen LogP contribution in [0.2, 0.25) is 0 Å². The molecule has 3 unspecified atom stereocenters. The number of hydrogen-bond donors (Lipinski definition) is 3. The lowest BCUT2D eigenvalue weighted by Gasteiger charge is -2.21. The van der Waals surface area contributed by atoms with Gasteiger partial charge in [-0.3, -0.25) is 10.9 Å². The standard InChI is InChI=1S/C10H23N3/c1-3-4-5-9(7-11)10-6-8(2)12-13-10/h8-10,12-13H,3-7,11H2,1-2H3. The molecule has 0 aliphatic carbocycles. The Bertz CT molecular complexity index is 138. The van der Waals surface area contributed by atoms with E-state index in [4.69, 9.17) is 5.73 Å². The summed E-state index contributed by atoms with van der Waals surface area (Å²) >= 11 is 0. The maximum atomic E-state index is 5.77. The maximum absolute atomic E-state index is 5.77. The van der Waals surface area contributed by atoms with E-state index < -0.39 is 0 Å². The maximum Gasteiger partial charge on any atom is 0.0268 e. The zero-order valence-corrected chi connectivity index (χ0v) is 8.84. The van der Waals surface area contributed by atoms with Crippen LogP contribution in [0.1, 0.15) is 39.5 Å². The van der Waals surface area contributed by atoms with Crippen LogP contribution in [0.4, 0.5) is 0 Å². The van der Waals surface area contributed by atoms with E-state index in [9.17, 15) is 0 Å². The first kappa shape index (κ1) is 11.0. The molecule has 3 nitrogen and oxygen atoms in total. The van der Waals surface area contributed by atoms with Crippen LogP contribution in [0.3, 0.4) is 0 Å². The Hall–Kier alpha value is -0.120. The highest BCUT2D eigenvalue weighted by Gasteiger charge is 2.26. The second-order valence-electron chi connectivity index (χ2n) is 4.17. The molecular formula is C10H23N3. The lowest BCUT2D eigenvalue weighted by Crippen LogP contribution is -2.39. The highest BCUT2D eigenvalue weighted by molar-refractivity contribution is 4.84. The Morgan fingerprint density at radius 2 is 2.23 bits per heavy atom. The molecule has 3 atom stereocenters. The summed E-state index contributed by atoms with van der Waals surface area (Å²) in [6, 6.07) is 1.19.